The second-order valence-corrected chi connectivity index (χ2v) is 10.2. The molecule has 0 radical (unpaired) electrons. The molecule has 1 aromatic carbocycles. The number of nitrogens with zero attached hydrogens (tertiary/aromatic N) is 1. The van der Waals surface area contributed by atoms with Crippen molar-refractivity contribution in [2.24, 2.45) is 0 Å². The molecule has 3 rings (SSSR count). The maximum atomic E-state index is 12.8. The molecule has 2 heterocycles. The van der Waals surface area contributed by atoms with E-state index < -0.39 is 10.0 Å². The Labute approximate surface area is 173 Å². The smallest absolute Gasteiger partial charge is 0.243 e. The van der Waals surface area contributed by atoms with Gasteiger partial charge in [-0.15, -0.1) is 11.3 Å². The van der Waals surface area contributed by atoms with E-state index in [1.807, 2.05) is 0 Å². The Bertz CT molecular complexity index is 966. The van der Waals surface area contributed by atoms with Crippen molar-refractivity contribution in [2.75, 3.05) is 18.4 Å². The minimum Gasteiger partial charge on any atom is -0.326 e. The number of anilines is 1. The lowest BCUT2D eigenvalue weighted by molar-refractivity contribution is -0.116. The van der Waals surface area contributed by atoms with Gasteiger partial charge >= 0.3 is 0 Å². The highest BCUT2D eigenvalue weighted by atomic mass is 35.5. The van der Waals surface area contributed by atoms with Crippen LogP contribution in [0.25, 0.3) is 0 Å². The summed E-state index contributed by atoms with van der Waals surface area (Å²) >= 11 is 7.00. The fourth-order valence-electron chi connectivity index (χ4n) is 3.03. The first-order chi connectivity index (χ1) is 13.4. The van der Waals surface area contributed by atoms with E-state index in [0.717, 1.165) is 19.3 Å². The van der Waals surface area contributed by atoms with Crippen LogP contribution in [-0.2, 0) is 14.8 Å². The van der Waals surface area contributed by atoms with Crippen LogP contribution in [0.3, 0.4) is 0 Å². The predicted octanol–water partition coefficient (Wildman–Crippen LogP) is 4.18. The highest BCUT2D eigenvalue weighted by Crippen LogP contribution is 2.24. The monoisotopic (exact) mass is 440 g/mol. The average molecular weight is 441 g/mol. The van der Waals surface area contributed by atoms with Crippen molar-refractivity contribution in [2.45, 2.75) is 37.0 Å². The van der Waals surface area contributed by atoms with Crippen molar-refractivity contribution in [1.82, 2.24) is 4.31 Å². The molecule has 0 spiro atoms. The molecule has 6 nitrogen and oxygen atoms in total. The van der Waals surface area contributed by atoms with Gasteiger partial charge in [-0.25, -0.2) is 8.42 Å². The predicted molar refractivity (Wildman–Crippen MR) is 111 cm³/mol. The third-order valence-electron chi connectivity index (χ3n) is 4.50. The van der Waals surface area contributed by atoms with Gasteiger partial charge in [0.2, 0.25) is 15.9 Å². The van der Waals surface area contributed by atoms with Crippen LogP contribution in [-0.4, -0.2) is 37.5 Å². The number of thiophene rings is 1. The molecule has 1 saturated heterocycles. The summed E-state index contributed by atoms with van der Waals surface area (Å²) in [5.74, 6) is -0.489. The molecule has 0 saturated carbocycles. The van der Waals surface area contributed by atoms with Crippen LogP contribution in [0.15, 0.2) is 41.3 Å². The Morgan fingerprint density at radius 3 is 2.50 bits per heavy atom. The Balaban J connectivity index is 1.60. The minimum absolute atomic E-state index is 0.0114. The van der Waals surface area contributed by atoms with Crippen LogP contribution in [0.1, 0.15) is 41.8 Å². The zero-order chi connectivity index (χ0) is 20.1. The Hall–Kier alpha value is -1.74. The van der Waals surface area contributed by atoms with Gasteiger partial charge in [0.15, 0.2) is 5.78 Å². The van der Waals surface area contributed by atoms with E-state index in [4.69, 9.17) is 11.6 Å². The molecule has 150 valence electrons. The van der Waals surface area contributed by atoms with E-state index in [0.29, 0.717) is 28.0 Å². The molecule has 1 amide bonds. The van der Waals surface area contributed by atoms with Gasteiger partial charge in [-0.1, -0.05) is 24.1 Å². The van der Waals surface area contributed by atoms with Crippen molar-refractivity contribution in [3.8, 4) is 0 Å². The number of nitrogens with one attached hydrogen (secondary N) is 1. The number of Topliss-reactive ketones (excluding diaryl/α,β-unsaturated/α-hetero) is 1. The summed E-state index contributed by atoms with van der Waals surface area (Å²) in [6, 6.07) is 9.52. The van der Waals surface area contributed by atoms with Crippen LogP contribution in [0.4, 0.5) is 5.69 Å². The molecule has 1 aliphatic heterocycles. The normalized spacial score (nSPS) is 15.3. The fraction of sp³-hybridized carbons (Fsp3) is 0.368. The minimum atomic E-state index is -3.56. The molecule has 9 heteroatoms. The van der Waals surface area contributed by atoms with E-state index in [1.165, 1.54) is 27.8 Å². The molecular formula is C19H21ClN2O4S2. The van der Waals surface area contributed by atoms with Crippen LogP contribution in [0.5, 0.6) is 0 Å². The maximum absolute atomic E-state index is 12.8. The molecule has 2 aromatic rings. The number of hydrogen-bond donors (Lipinski definition) is 1. The number of carbonyl (C=O) groups is 2. The lowest BCUT2D eigenvalue weighted by Crippen LogP contribution is -2.35. The van der Waals surface area contributed by atoms with E-state index in [-0.39, 0.29) is 29.4 Å². The first kappa shape index (κ1) is 21.0. The summed E-state index contributed by atoms with van der Waals surface area (Å²) in [5.41, 5.74) is 0.398. The molecule has 1 aromatic heterocycles. The van der Waals surface area contributed by atoms with Crippen LogP contribution >= 0.6 is 22.9 Å². The number of benzene rings is 1. The van der Waals surface area contributed by atoms with Gasteiger partial charge in [-0.05, 0) is 43.2 Å². The van der Waals surface area contributed by atoms with Gasteiger partial charge in [0.1, 0.15) is 0 Å². The second-order valence-electron chi connectivity index (χ2n) is 6.57. The first-order valence-electron chi connectivity index (χ1n) is 9.05. The van der Waals surface area contributed by atoms with Gasteiger partial charge in [0.25, 0.3) is 0 Å². The molecule has 28 heavy (non-hydrogen) atoms. The van der Waals surface area contributed by atoms with Crippen LogP contribution in [0, 0.1) is 0 Å². The van der Waals surface area contributed by atoms with Crippen molar-refractivity contribution in [1.29, 1.82) is 0 Å². The van der Waals surface area contributed by atoms with E-state index in [1.54, 1.807) is 24.3 Å². The molecule has 0 unspecified atom stereocenters. The van der Waals surface area contributed by atoms with Crippen LogP contribution in [0.2, 0.25) is 4.34 Å². The zero-order valence-corrected chi connectivity index (χ0v) is 17.6. The SMILES string of the molecule is O=C(CCC(=O)c1ccc(Cl)s1)Nc1cccc(S(=O)(=O)N2CCCCC2)c1. The largest absolute Gasteiger partial charge is 0.326 e. The summed E-state index contributed by atoms with van der Waals surface area (Å²) in [6.07, 6.45) is 2.84. The number of sulfonamides is 1. The van der Waals surface area contributed by atoms with Crippen molar-refractivity contribution in [3.05, 3.63) is 45.6 Å². The highest BCUT2D eigenvalue weighted by Gasteiger charge is 2.26. The Morgan fingerprint density at radius 2 is 1.82 bits per heavy atom. The third-order valence-corrected chi connectivity index (χ3v) is 7.66. The molecule has 0 atom stereocenters. The number of amides is 1. The lowest BCUT2D eigenvalue weighted by Gasteiger charge is -2.26. The Kier molecular flexibility index (Phi) is 6.87. The number of piperidine rings is 1. The number of halogens is 1. The van der Waals surface area contributed by atoms with E-state index in [9.17, 15) is 18.0 Å². The van der Waals surface area contributed by atoms with Crippen molar-refractivity contribution >= 4 is 50.3 Å². The third kappa shape index (κ3) is 5.20. The summed E-state index contributed by atoms with van der Waals surface area (Å²) in [7, 11) is -3.56. The molecule has 1 fully saturated rings. The number of ketones is 1. The fourth-order valence-corrected chi connectivity index (χ4v) is 5.60. The molecular weight excluding hydrogens is 420 g/mol. The van der Waals surface area contributed by atoms with Crippen LogP contribution < -0.4 is 5.32 Å². The molecule has 0 aliphatic carbocycles. The standard InChI is InChI=1S/C19H21ClN2O4S2/c20-18-9-8-17(27-18)16(23)7-10-19(24)21-14-5-4-6-15(13-14)28(25,26)22-11-2-1-3-12-22/h4-6,8-9,13H,1-3,7,10-12H2,(H,21,24). The van der Waals surface area contributed by atoms with E-state index in [2.05, 4.69) is 5.32 Å². The number of carbonyl (C=O) groups excluding carboxylic acids is 2. The zero-order valence-electron chi connectivity index (χ0n) is 15.2. The number of hydrogen-bond acceptors (Lipinski definition) is 5. The van der Waals surface area contributed by atoms with E-state index >= 15 is 0 Å². The first-order valence-corrected chi connectivity index (χ1v) is 11.7. The summed E-state index contributed by atoms with van der Waals surface area (Å²) < 4.78 is 27.5. The van der Waals surface area contributed by atoms with Gasteiger partial charge in [-0.3, -0.25) is 9.59 Å². The topological polar surface area (TPSA) is 83.5 Å². The average Bonchev–Trinajstić information content (AvgIpc) is 3.13. The Morgan fingerprint density at radius 1 is 1.07 bits per heavy atom. The molecule has 1 N–H and O–H groups in total. The lowest BCUT2D eigenvalue weighted by atomic mass is 10.2. The van der Waals surface area contributed by atoms with Gasteiger partial charge in [-0.2, -0.15) is 4.31 Å². The van der Waals surface area contributed by atoms with Crippen molar-refractivity contribution in [3.63, 3.8) is 0 Å². The molecule has 0 bridgehead atoms. The van der Waals surface area contributed by atoms with Gasteiger partial charge < -0.3 is 5.32 Å². The highest BCUT2D eigenvalue weighted by molar-refractivity contribution is 7.89. The summed E-state index contributed by atoms with van der Waals surface area (Å²) in [5, 5.41) is 2.67. The van der Waals surface area contributed by atoms with Gasteiger partial charge in [0, 0.05) is 31.6 Å². The van der Waals surface area contributed by atoms with Crippen molar-refractivity contribution < 1.29 is 18.0 Å². The van der Waals surface area contributed by atoms with Gasteiger partial charge in [0.05, 0.1) is 14.1 Å². The summed E-state index contributed by atoms with van der Waals surface area (Å²) in [4.78, 5) is 24.9. The second kappa shape index (κ2) is 9.17. The number of rotatable bonds is 7. The summed E-state index contributed by atoms with van der Waals surface area (Å²) in [6.45, 7) is 1.04. The molecule has 1 aliphatic rings. The maximum Gasteiger partial charge on any atom is 0.243 e. The quantitative estimate of drug-likeness (QED) is 0.654.